The Bertz CT molecular complexity index is 455. The van der Waals surface area contributed by atoms with E-state index in [2.05, 4.69) is 42.0 Å². The molecule has 0 aliphatic rings. The summed E-state index contributed by atoms with van der Waals surface area (Å²) < 4.78 is 2.31. The van der Waals surface area contributed by atoms with E-state index < -0.39 is 0 Å². The zero-order chi connectivity index (χ0) is 15.3. The molecule has 1 aromatic heterocycles. The molecule has 1 heterocycles. The molecule has 0 aromatic carbocycles. The minimum absolute atomic E-state index is 0.101. The number of carbonyl (C=O) groups is 1. The van der Waals surface area contributed by atoms with Gasteiger partial charge < -0.3 is 15.2 Å². The molecule has 0 spiro atoms. The number of hydrogen-bond acceptors (Lipinski definition) is 2. The third-order valence-corrected chi connectivity index (χ3v) is 3.35. The Morgan fingerprint density at radius 3 is 2.45 bits per heavy atom. The van der Waals surface area contributed by atoms with E-state index in [4.69, 9.17) is 0 Å². The zero-order valence-corrected chi connectivity index (χ0v) is 13.8. The van der Waals surface area contributed by atoms with Gasteiger partial charge in [0.1, 0.15) is 0 Å². The van der Waals surface area contributed by atoms with Crippen LogP contribution >= 0.6 is 0 Å². The van der Waals surface area contributed by atoms with Gasteiger partial charge in [0, 0.05) is 43.0 Å². The smallest absolute Gasteiger partial charge is 0.221 e. The molecule has 4 heteroatoms. The van der Waals surface area contributed by atoms with Crippen molar-refractivity contribution < 1.29 is 4.79 Å². The SMILES string of the molecule is CCn1c(C)cc(CNCCC(=O)NC(C)(C)C)c1C. The fourth-order valence-corrected chi connectivity index (χ4v) is 2.44. The maximum atomic E-state index is 11.7. The summed E-state index contributed by atoms with van der Waals surface area (Å²) >= 11 is 0. The summed E-state index contributed by atoms with van der Waals surface area (Å²) in [5.74, 6) is 0.101. The van der Waals surface area contributed by atoms with Crippen molar-refractivity contribution in [1.29, 1.82) is 0 Å². The van der Waals surface area contributed by atoms with Crippen LogP contribution in [0.25, 0.3) is 0 Å². The molecule has 0 saturated carbocycles. The highest BCUT2D eigenvalue weighted by atomic mass is 16.1. The zero-order valence-electron chi connectivity index (χ0n) is 13.8. The Morgan fingerprint density at radius 2 is 1.95 bits per heavy atom. The molecule has 1 rings (SSSR count). The first-order chi connectivity index (χ1) is 9.24. The van der Waals surface area contributed by atoms with Crippen molar-refractivity contribution in [2.75, 3.05) is 6.54 Å². The second-order valence-corrected chi connectivity index (χ2v) is 6.37. The number of aryl methyl sites for hydroxylation is 1. The highest BCUT2D eigenvalue weighted by Gasteiger charge is 2.13. The lowest BCUT2D eigenvalue weighted by molar-refractivity contribution is -0.122. The van der Waals surface area contributed by atoms with Crippen LogP contribution in [0.1, 0.15) is 51.1 Å². The molecular formula is C16H29N3O. The van der Waals surface area contributed by atoms with E-state index in [-0.39, 0.29) is 11.4 Å². The third-order valence-electron chi connectivity index (χ3n) is 3.35. The summed E-state index contributed by atoms with van der Waals surface area (Å²) in [5.41, 5.74) is 3.79. The van der Waals surface area contributed by atoms with Crippen LogP contribution in [0.2, 0.25) is 0 Å². The van der Waals surface area contributed by atoms with Gasteiger partial charge in [0.2, 0.25) is 5.91 Å². The molecule has 20 heavy (non-hydrogen) atoms. The topological polar surface area (TPSA) is 46.1 Å². The Kier molecular flexibility index (Phi) is 5.81. The van der Waals surface area contributed by atoms with E-state index in [9.17, 15) is 4.79 Å². The van der Waals surface area contributed by atoms with Crippen LogP contribution in [-0.4, -0.2) is 22.6 Å². The molecule has 1 aromatic rings. The van der Waals surface area contributed by atoms with Crippen molar-refractivity contribution in [3.63, 3.8) is 0 Å². The molecule has 0 bridgehead atoms. The molecule has 2 N–H and O–H groups in total. The molecule has 0 atom stereocenters. The molecular weight excluding hydrogens is 250 g/mol. The van der Waals surface area contributed by atoms with Crippen molar-refractivity contribution in [3.8, 4) is 0 Å². The van der Waals surface area contributed by atoms with E-state index >= 15 is 0 Å². The Morgan fingerprint density at radius 1 is 1.30 bits per heavy atom. The summed E-state index contributed by atoms with van der Waals surface area (Å²) in [5, 5.41) is 6.32. The molecule has 0 radical (unpaired) electrons. The van der Waals surface area contributed by atoms with Gasteiger partial charge in [-0.2, -0.15) is 0 Å². The van der Waals surface area contributed by atoms with Gasteiger partial charge in [0.25, 0.3) is 0 Å². The first-order valence-electron chi connectivity index (χ1n) is 7.42. The summed E-state index contributed by atoms with van der Waals surface area (Å²) in [6.07, 6.45) is 0.518. The average Bonchev–Trinajstić information content (AvgIpc) is 2.57. The van der Waals surface area contributed by atoms with E-state index in [1.165, 1.54) is 17.0 Å². The van der Waals surface area contributed by atoms with Crippen molar-refractivity contribution in [2.24, 2.45) is 0 Å². The molecule has 114 valence electrons. The lowest BCUT2D eigenvalue weighted by Gasteiger charge is -2.20. The molecule has 1 amide bonds. The van der Waals surface area contributed by atoms with E-state index in [1.807, 2.05) is 20.8 Å². The Hall–Kier alpha value is -1.29. The van der Waals surface area contributed by atoms with Gasteiger partial charge >= 0.3 is 0 Å². The summed E-state index contributed by atoms with van der Waals surface area (Å²) in [4.78, 5) is 11.7. The van der Waals surface area contributed by atoms with Crippen LogP contribution < -0.4 is 10.6 Å². The fraction of sp³-hybridized carbons (Fsp3) is 0.688. The highest BCUT2D eigenvalue weighted by molar-refractivity contribution is 5.76. The number of hydrogen-bond donors (Lipinski definition) is 2. The minimum Gasteiger partial charge on any atom is -0.351 e. The first-order valence-corrected chi connectivity index (χ1v) is 7.42. The van der Waals surface area contributed by atoms with Crippen LogP contribution in [0, 0.1) is 13.8 Å². The predicted octanol–water partition coefficient (Wildman–Crippen LogP) is 2.52. The van der Waals surface area contributed by atoms with Crippen LogP contribution in [0.4, 0.5) is 0 Å². The second-order valence-electron chi connectivity index (χ2n) is 6.37. The van der Waals surface area contributed by atoms with Crippen LogP contribution in [0.15, 0.2) is 6.07 Å². The van der Waals surface area contributed by atoms with Crippen molar-refractivity contribution in [3.05, 3.63) is 23.0 Å². The van der Waals surface area contributed by atoms with E-state index in [0.29, 0.717) is 13.0 Å². The third kappa shape index (κ3) is 5.00. The number of aromatic nitrogens is 1. The normalized spacial score (nSPS) is 11.7. The second kappa shape index (κ2) is 6.93. The maximum absolute atomic E-state index is 11.7. The molecule has 0 unspecified atom stereocenters. The lowest BCUT2D eigenvalue weighted by Crippen LogP contribution is -2.41. The van der Waals surface area contributed by atoms with Gasteiger partial charge in [-0.05, 0) is 53.2 Å². The van der Waals surface area contributed by atoms with Crippen molar-refractivity contribution in [1.82, 2.24) is 15.2 Å². The highest BCUT2D eigenvalue weighted by Crippen LogP contribution is 2.14. The Labute approximate surface area is 122 Å². The maximum Gasteiger partial charge on any atom is 0.221 e. The van der Waals surface area contributed by atoms with Crippen LogP contribution in [0.5, 0.6) is 0 Å². The fourth-order valence-electron chi connectivity index (χ4n) is 2.44. The van der Waals surface area contributed by atoms with Gasteiger partial charge in [-0.15, -0.1) is 0 Å². The first kappa shape index (κ1) is 16.8. The quantitative estimate of drug-likeness (QED) is 0.786. The summed E-state index contributed by atoms with van der Waals surface area (Å²) in [6.45, 7) is 15.0. The number of nitrogens with one attached hydrogen (secondary N) is 2. The van der Waals surface area contributed by atoms with Crippen LogP contribution in [0.3, 0.4) is 0 Å². The molecule has 0 aliphatic carbocycles. The van der Waals surface area contributed by atoms with Gasteiger partial charge in [0.05, 0.1) is 0 Å². The van der Waals surface area contributed by atoms with Gasteiger partial charge in [-0.1, -0.05) is 0 Å². The number of nitrogens with zero attached hydrogens (tertiary/aromatic N) is 1. The lowest BCUT2D eigenvalue weighted by atomic mass is 10.1. The number of rotatable bonds is 6. The molecule has 0 aliphatic heterocycles. The van der Waals surface area contributed by atoms with Crippen molar-refractivity contribution in [2.45, 2.75) is 66.6 Å². The van der Waals surface area contributed by atoms with Gasteiger partial charge in [-0.25, -0.2) is 0 Å². The summed E-state index contributed by atoms with van der Waals surface area (Å²) in [7, 11) is 0. The van der Waals surface area contributed by atoms with Crippen LogP contribution in [-0.2, 0) is 17.9 Å². The number of amides is 1. The van der Waals surface area contributed by atoms with E-state index in [0.717, 1.165) is 13.1 Å². The van der Waals surface area contributed by atoms with Gasteiger partial charge in [0.15, 0.2) is 0 Å². The average molecular weight is 279 g/mol. The predicted molar refractivity (Wildman–Crippen MR) is 83.8 cm³/mol. The largest absolute Gasteiger partial charge is 0.351 e. The molecule has 0 fully saturated rings. The standard InChI is InChI=1S/C16H29N3O/c1-7-19-12(2)10-14(13(19)3)11-17-9-8-15(20)18-16(4,5)6/h10,17H,7-9,11H2,1-6H3,(H,18,20). The number of carbonyl (C=O) groups excluding carboxylic acids is 1. The molecule has 0 saturated heterocycles. The van der Waals surface area contributed by atoms with Crippen molar-refractivity contribution >= 4 is 5.91 Å². The monoisotopic (exact) mass is 279 g/mol. The van der Waals surface area contributed by atoms with E-state index in [1.54, 1.807) is 0 Å². The Balaban J connectivity index is 2.37. The minimum atomic E-state index is -0.150. The molecule has 4 nitrogen and oxygen atoms in total. The van der Waals surface area contributed by atoms with Gasteiger partial charge in [-0.3, -0.25) is 4.79 Å². The summed E-state index contributed by atoms with van der Waals surface area (Å²) in [6, 6.07) is 2.22.